The molecule has 1 atom stereocenters. The van der Waals surface area contributed by atoms with Crippen LogP contribution in [0, 0.1) is 10.8 Å². The van der Waals surface area contributed by atoms with Gasteiger partial charge in [-0.25, -0.2) is 0 Å². The van der Waals surface area contributed by atoms with E-state index < -0.39 is 0 Å². The molecule has 1 nitrogen and oxygen atoms in total. The molecule has 0 aromatic carbocycles. The van der Waals surface area contributed by atoms with E-state index in [9.17, 15) is 0 Å². The minimum atomic E-state index is 0.388. The van der Waals surface area contributed by atoms with Gasteiger partial charge < -0.3 is 4.74 Å². The van der Waals surface area contributed by atoms with Crippen molar-refractivity contribution in [1.82, 2.24) is 0 Å². The highest BCUT2D eigenvalue weighted by Crippen LogP contribution is 2.52. The van der Waals surface area contributed by atoms with Crippen molar-refractivity contribution < 1.29 is 4.74 Å². The average molecular weight is 216 g/mol. The molecule has 1 heterocycles. The van der Waals surface area contributed by atoms with Crippen LogP contribution < -0.4 is 0 Å². The Morgan fingerprint density at radius 1 is 1.21 bits per heavy atom. The second kappa shape index (κ2) is 4.44. The monoisotopic (exact) mass is 216 g/mol. The Morgan fingerprint density at radius 2 is 1.71 bits per heavy atom. The first-order chi connectivity index (χ1) is 6.44. The molecule has 1 fully saturated rings. The molecule has 0 radical (unpaired) electrons. The van der Waals surface area contributed by atoms with Crippen LogP contribution in [0.5, 0.6) is 0 Å². The highest BCUT2D eigenvalue weighted by Gasteiger charge is 2.46. The summed E-state index contributed by atoms with van der Waals surface area (Å²) in [4.78, 5) is 0. The maximum atomic E-state index is 5.51. The van der Waals surface area contributed by atoms with Gasteiger partial charge >= 0.3 is 0 Å². The van der Waals surface area contributed by atoms with E-state index in [1.807, 2.05) is 11.8 Å². The van der Waals surface area contributed by atoms with Gasteiger partial charge in [0.25, 0.3) is 0 Å². The normalized spacial score (nSPS) is 24.6. The molecule has 1 unspecified atom stereocenters. The van der Waals surface area contributed by atoms with Gasteiger partial charge in [-0.1, -0.05) is 27.7 Å². The molecule has 0 saturated carbocycles. The molecule has 1 saturated heterocycles. The van der Waals surface area contributed by atoms with Gasteiger partial charge in [0.1, 0.15) is 0 Å². The first kappa shape index (κ1) is 12.4. The lowest BCUT2D eigenvalue weighted by Crippen LogP contribution is -2.47. The highest BCUT2D eigenvalue weighted by molar-refractivity contribution is 7.99. The van der Waals surface area contributed by atoms with Crippen LogP contribution in [-0.4, -0.2) is 24.7 Å². The molecule has 14 heavy (non-hydrogen) atoms. The van der Waals surface area contributed by atoms with Crippen molar-refractivity contribution in [1.29, 1.82) is 0 Å². The lowest BCUT2D eigenvalue weighted by atomic mass is 9.60. The number of hydrogen-bond acceptors (Lipinski definition) is 2. The zero-order valence-corrected chi connectivity index (χ0v) is 11.0. The topological polar surface area (TPSA) is 9.23 Å². The zero-order chi connectivity index (χ0) is 10.8. The van der Waals surface area contributed by atoms with Crippen LogP contribution in [0.2, 0.25) is 0 Å². The smallest absolute Gasteiger partial charge is 0.0471 e. The maximum Gasteiger partial charge on any atom is 0.0471 e. The van der Waals surface area contributed by atoms with Gasteiger partial charge in [0, 0.05) is 18.5 Å². The average Bonchev–Trinajstić information content (AvgIpc) is 2.16. The summed E-state index contributed by atoms with van der Waals surface area (Å²) < 4.78 is 5.51. The summed E-state index contributed by atoms with van der Waals surface area (Å²) in [6.45, 7) is 11.4. The number of hydrogen-bond donors (Lipinski definition) is 0. The lowest BCUT2D eigenvalue weighted by Gasteiger charge is -2.51. The molecule has 0 aromatic heterocycles. The fraction of sp³-hybridized carbons (Fsp3) is 1.00. The van der Waals surface area contributed by atoms with Crippen LogP contribution in [-0.2, 0) is 4.74 Å². The van der Waals surface area contributed by atoms with Crippen molar-refractivity contribution >= 4 is 11.8 Å². The lowest BCUT2D eigenvalue weighted by molar-refractivity contribution is -0.0449. The Kier molecular flexibility index (Phi) is 3.93. The molecule has 0 aromatic rings. The van der Waals surface area contributed by atoms with E-state index in [-0.39, 0.29) is 0 Å². The van der Waals surface area contributed by atoms with Gasteiger partial charge in [0.15, 0.2) is 0 Å². The van der Waals surface area contributed by atoms with Crippen molar-refractivity contribution in [3.8, 4) is 0 Å². The molecule has 0 bridgehead atoms. The minimum absolute atomic E-state index is 0.388. The predicted molar refractivity (Wildman–Crippen MR) is 64.9 cm³/mol. The Labute approximate surface area is 93.0 Å². The minimum Gasteiger partial charge on any atom is -0.381 e. The van der Waals surface area contributed by atoms with Crippen molar-refractivity contribution in [3.05, 3.63) is 0 Å². The second-order valence-electron chi connectivity index (χ2n) is 5.40. The van der Waals surface area contributed by atoms with Crippen LogP contribution in [0.1, 0.15) is 40.5 Å². The molecule has 0 spiro atoms. The molecule has 2 heteroatoms. The molecular formula is C12H24OS. The number of thioether (sulfide) groups is 1. The molecule has 0 amide bonds. The van der Waals surface area contributed by atoms with Crippen LogP contribution >= 0.6 is 11.8 Å². The second-order valence-corrected chi connectivity index (χ2v) is 6.57. The fourth-order valence-electron chi connectivity index (χ4n) is 2.73. The molecule has 84 valence electrons. The summed E-state index contributed by atoms with van der Waals surface area (Å²) in [6.07, 6.45) is 4.67. The highest BCUT2D eigenvalue weighted by atomic mass is 32.2. The van der Waals surface area contributed by atoms with Gasteiger partial charge in [-0.15, -0.1) is 0 Å². The molecule has 1 rings (SSSR count). The van der Waals surface area contributed by atoms with E-state index in [4.69, 9.17) is 4.74 Å². The summed E-state index contributed by atoms with van der Waals surface area (Å²) in [5.74, 6) is 0. The van der Waals surface area contributed by atoms with Gasteiger partial charge in [-0.2, -0.15) is 11.8 Å². The Bertz CT molecular complexity index is 177. The van der Waals surface area contributed by atoms with E-state index in [2.05, 4.69) is 34.0 Å². The third-order valence-corrected chi connectivity index (χ3v) is 5.17. The summed E-state index contributed by atoms with van der Waals surface area (Å²) >= 11 is 2.00. The summed E-state index contributed by atoms with van der Waals surface area (Å²) in [5.41, 5.74) is 0.851. The van der Waals surface area contributed by atoms with E-state index in [1.165, 1.54) is 12.8 Å². The zero-order valence-electron chi connectivity index (χ0n) is 10.2. The number of rotatable bonds is 2. The fourth-order valence-corrected chi connectivity index (χ4v) is 3.77. The Hall–Kier alpha value is 0.310. The molecule has 1 aliphatic rings. The first-order valence-corrected chi connectivity index (χ1v) is 6.83. The third-order valence-electron chi connectivity index (χ3n) is 4.01. The molecular weight excluding hydrogens is 192 g/mol. The van der Waals surface area contributed by atoms with Crippen LogP contribution in [0.4, 0.5) is 0 Å². The van der Waals surface area contributed by atoms with Gasteiger partial charge in [0.2, 0.25) is 0 Å². The first-order valence-electron chi connectivity index (χ1n) is 5.54. The van der Waals surface area contributed by atoms with E-state index in [1.54, 1.807) is 0 Å². The summed E-state index contributed by atoms with van der Waals surface area (Å²) in [7, 11) is 0. The molecule has 0 aliphatic carbocycles. The predicted octanol–water partition coefficient (Wildman–Crippen LogP) is 3.58. The third kappa shape index (κ3) is 2.11. The quantitative estimate of drug-likeness (QED) is 0.698. The van der Waals surface area contributed by atoms with Crippen LogP contribution in [0.3, 0.4) is 0 Å². The van der Waals surface area contributed by atoms with Gasteiger partial charge in [-0.05, 0) is 29.9 Å². The largest absolute Gasteiger partial charge is 0.381 e. The maximum absolute atomic E-state index is 5.51. The van der Waals surface area contributed by atoms with E-state index >= 15 is 0 Å². The van der Waals surface area contributed by atoms with E-state index in [0.717, 1.165) is 18.5 Å². The standard InChI is InChI=1S/C12H24OS/c1-10(14-5)12(11(2,3)4)6-8-13-9-7-12/h10H,6-9H2,1-5H3. The van der Waals surface area contributed by atoms with Crippen molar-refractivity contribution in [3.63, 3.8) is 0 Å². The van der Waals surface area contributed by atoms with E-state index in [0.29, 0.717) is 10.8 Å². The van der Waals surface area contributed by atoms with Crippen LogP contribution in [0.15, 0.2) is 0 Å². The molecule has 0 N–H and O–H groups in total. The van der Waals surface area contributed by atoms with Crippen LogP contribution in [0.25, 0.3) is 0 Å². The Balaban J connectivity index is 2.88. The summed E-state index contributed by atoms with van der Waals surface area (Å²) in [5, 5.41) is 0.728. The van der Waals surface area contributed by atoms with Crippen molar-refractivity contribution in [2.75, 3.05) is 19.5 Å². The number of ether oxygens (including phenoxy) is 1. The van der Waals surface area contributed by atoms with Crippen molar-refractivity contribution in [2.45, 2.75) is 45.8 Å². The molecule has 1 aliphatic heterocycles. The van der Waals surface area contributed by atoms with Gasteiger partial charge in [0.05, 0.1) is 0 Å². The Morgan fingerprint density at radius 3 is 2.07 bits per heavy atom. The van der Waals surface area contributed by atoms with Gasteiger partial charge in [-0.3, -0.25) is 0 Å². The SMILES string of the molecule is CSC(C)C1(C(C)(C)C)CCOCC1. The summed E-state index contributed by atoms with van der Waals surface area (Å²) in [6, 6.07) is 0. The van der Waals surface area contributed by atoms with Crippen molar-refractivity contribution in [2.24, 2.45) is 10.8 Å².